The number of rotatable bonds is 7. The van der Waals surface area contributed by atoms with Gasteiger partial charge in [-0.1, -0.05) is 66.7 Å². The second-order valence-electron chi connectivity index (χ2n) is 6.15. The molecule has 140 valence electrons. The number of carbonyl (C=O) groups is 1. The van der Waals surface area contributed by atoms with E-state index in [-0.39, 0.29) is 17.7 Å². The number of aromatic nitrogens is 3. The molecule has 27 heavy (non-hydrogen) atoms. The molecule has 7 heteroatoms. The van der Waals surface area contributed by atoms with Crippen molar-refractivity contribution in [2.24, 2.45) is 0 Å². The predicted octanol–water partition coefficient (Wildman–Crippen LogP) is 4.66. The van der Waals surface area contributed by atoms with Gasteiger partial charge in [0.1, 0.15) is 0 Å². The molecule has 0 spiro atoms. The van der Waals surface area contributed by atoms with E-state index in [0.29, 0.717) is 16.0 Å². The molecule has 0 saturated carbocycles. The Labute approximate surface area is 167 Å². The number of nitrogens with one attached hydrogen (secondary N) is 2. The van der Waals surface area contributed by atoms with E-state index in [2.05, 4.69) is 39.6 Å². The summed E-state index contributed by atoms with van der Waals surface area (Å²) < 4.78 is 0. The summed E-state index contributed by atoms with van der Waals surface area (Å²) in [5, 5.41) is 11.3. The molecule has 1 amide bonds. The summed E-state index contributed by atoms with van der Waals surface area (Å²) in [5.41, 5.74) is 3.22. The molecule has 3 rings (SSSR count). The van der Waals surface area contributed by atoms with Crippen molar-refractivity contribution >= 4 is 29.3 Å². The van der Waals surface area contributed by atoms with E-state index in [0.717, 1.165) is 17.5 Å². The number of thioether (sulfide) groups is 1. The van der Waals surface area contributed by atoms with Gasteiger partial charge < -0.3 is 5.32 Å². The van der Waals surface area contributed by atoms with Gasteiger partial charge in [-0.2, -0.15) is 0 Å². The van der Waals surface area contributed by atoms with Crippen LogP contribution >= 0.6 is 23.4 Å². The zero-order valence-corrected chi connectivity index (χ0v) is 16.8. The van der Waals surface area contributed by atoms with Crippen LogP contribution in [0.3, 0.4) is 0 Å². The molecular formula is C20H21ClN4OS. The SMILES string of the molecule is CCc1ccc(-c2nc(SCC(=O)N[C@H](C)c3cccc(Cl)c3)n[nH]2)cc1. The molecule has 0 aliphatic carbocycles. The quantitative estimate of drug-likeness (QED) is 0.566. The molecule has 2 N–H and O–H groups in total. The summed E-state index contributed by atoms with van der Waals surface area (Å²) in [6, 6.07) is 15.6. The van der Waals surface area contributed by atoms with Crippen molar-refractivity contribution in [3.8, 4) is 11.4 Å². The van der Waals surface area contributed by atoms with Gasteiger partial charge in [0.15, 0.2) is 5.82 Å². The smallest absolute Gasteiger partial charge is 0.230 e. The van der Waals surface area contributed by atoms with E-state index in [9.17, 15) is 4.79 Å². The van der Waals surface area contributed by atoms with Gasteiger partial charge in [0.05, 0.1) is 11.8 Å². The number of halogens is 1. The lowest BCUT2D eigenvalue weighted by Gasteiger charge is -2.14. The number of hydrogen-bond donors (Lipinski definition) is 2. The third kappa shape index (κ3) is 5.34. The highest BCUT2D eigenvalue weighted by molar-refractivity contribution is 7.99. The van der Waals surface area contributed by atoms with E-state index in [1.54, 1.807) is 0 Å². The summed E-state index contributed by atoms with van der Waals surface area (Å²) in [5.74, 6) is 0.871. The van der Waals surface area contributed by atoms with Crippen LogP contribution in [0.4, 0.5) is 0 Å². The number of nitrogens with zero attached hydrogens (tertiary/aromatic N) is 2. The topological polar surface area (TPSA) is 70.7 Å². The molecule has 0 aliphatic heterocycles. The second kappa shape index (κ2) is 9.06. The van der Waals surface area contributed by atoms with Crippen LogP contribution in [0, 0.1) is 0 Å². The van der Waals surface area contributed by atoms with Crippen molar-refractivity contribution in [2.45, 2.75) is 31.5 Å². The molecule has 0 fully saturated rings. The van der Waals surface area contributed by atoms with E-state index in [1.165, 1.54) is 17.3 Å². The van der Waals surface area contributed by atoms with Gasteiger partial charge in [0.2, 0.25) is 11.1 Å². The Morgan fingerprint density at radius 2 is 2.04 bits per heavy atom. The number of H-pyrrole nitrogens is 1. The maximum Gasteiger partial charge on any atom is 0.230 e. The minimum atomic E-state index is -0.114. The zero-order valence-electron chi connectivity index (χ0n) is 15.2. The number of carbonyl (C=O) groups excluding carboxylic acids is 1. The van der Waals surface area contributed by atoms with Gasteiger partial charge in [0.25, 0.3) is 0 Å². The first kappa shape index (κ1) is 19.5. The highest BCUT2D eigenvalue weighted by Crippen LogP contribution is 2.21. The Kier molecular flexibility index (Phi) is 6.53. The zero-order chi connectivity index (χ0) is 19.2. The minimum Gasteiger partial charge on any atom is -0.349 e. The average Bonchev–Trinajstić information content (AvgIpc) is 3.15. The van der Waals surface area contributed by atoms with Crippen molar-refractivity contribution in [1.82, 2.24) is 20.5 Å². The Morgan fingerprint density at radius 3 is 2.74 bits per heavy atom. The van der Waals surface area contributed by atoms with Crippen molar-refractivity contribution < 1.29 is 4.79 Å². The normalized spacial score (nSPS) is 12.0. The van der Waals surface area contributed by atoms with E-state index >= 15 is 0 Å². The molecule has 1 heterocycles. The van der Waals surface area contributed by atoms with Crippen LogP contribution in [0.5, 0.6) is 0 Å². The van der Waals surface area contributed by atoms with Gasteiger partial charge in [-0.3, -0.25) is 9.89 Å². The second-order valence-corrected chi connectivity index (χ2v) is 7.53. The minimum absolute atomic E-state index is 0.0777. The van der Waals surface area contributed by atoms with E-state index in [1.807, 2.05) is 43.3 Å². The first-order chi connectivity index (χ1) is 13.0. The van der Waals surface area contributed by atoms with E-state index in [4.69, 9.17) is 11.6 Å². The Morgan fingerprint density at radius 1 is 1.26 bits per heavy atom. The Hall–Kier alpha value is -2.31. The molecule has 0 aliphatic rings. The molecule has 0 unspecified atom stereocenters. The fourth-order valence-electron chi connectivity index (χ4n) is 2.61. The van der Waals surface area contributed by atoms with Gasteiger partial charge >= 0.3 is 0 Å². The summed E-state index contributed by atoms with van der Waals surface area (Å²) >= 11 is 7.30. The molecular weight excluding hydrogens is 380 g/mol. The summed E-state index contributed by atoms with van der Waals surface area (Å²) in [4.78, 5) is 16.7. The van der Waals surface area contributed by atoms with Gasteiger partial charge in [-0.25, -0.2) is 4.98 Å². The van der Waals surface area contributed by atoms with Crippen molar-refractivity contribution in [2.75, 3.05) is 5.75 Å². The van der Waals surface area contributed by atoms with Gasteiger partial charge in [-0.05, 0) is 36.6 Å². The van der Waals surface area contributed by atoms with Crippen LogP contribution in [-0.2, 0) is 11.2 Å². The fourth-order valence-corrected chi connectivity index (χ4v) is 3.42. The van der Waals surface area contributed by atoms with Crippen LogP contribution in [0.2, 0.25) is 5.02 Å². The van der Waals surface area contributed by atoms with Crippen LogP contribution in [0.1, 0.15) is 31.0 Å². The van der Waals surface area contributed by atoms with Gasteiger partial charge in [0, 0.05) is 10.6 Å². The lowest BCUT2D eigenvalue weighted by Crippen LogP contribution is -2.28. The first-order valence-corrected chi connectivity index (χ1v) is 10.1. The van der Waals surface area contributed by atoms with Crippen LogP contribution in [-0.4, -0.2) is 26.8 Å². The van der Waals surface area contributed by atoms with Crippen LogP contribution in [0.25, 0.3) is 11.4 Å². The third-order valence-corrected chi connectivity index (χ3v) is 5.24. The summed E-state index contributed by atoms with van der Waals surface area (Å²) in [6.45, 7) is 4.05. The van der Waals surface area contributed by atoms with Crippen LogP contribution in [0.15, 0.2) is 53.7 Å². The van der Waals surface area contributed by atoms with Crippen molar-refractivity contribution in [1.29, 1.82) is 0 Å². The third-order valence-electron chi connectivity index (χ3n) is 4.16. The average molecular weight is 401 g/mol. The summed E-state index contributed by atoms with van der Waals surface area (Å²) in [7, 11) is 0. The van der Waals surface area contributed by atoms with Crippen molar-refractivity contribution in [3.05, 3.63) is 64.7 Å². The molecule has 2 aromatic carbocycles. The molecule has 1 atom stereocenters. The molecule has 0 bridgehead atoms. The Bertz CT molecular complexity index is 910. The highest BCUT2D eigenvalue weighted by atomic mass is 35.5. The first-order valence-electron chi connectivity index (χ1n) is 8.74. The Balaban J connectivity index is 1.54. The lowest BCUT2D eigenvalue weighted by atomic mass is 10.1. The largest absolute Gasteiger partial charge is 0.349 e. The molecule has 3 aromatic rings. The molecule has 1 aromatic heterocycles. The fraction of sp³-hybridized carbons (Fsp3) is 0.250. The summed E-state index contributed by atoms with van der Waals surface area (Å²) in [6.07, 6.45) is 1.00. The number of hydrogen-bond acceptors (Lipinski definition) is 4. The molecule has 0 saturated heterocycles. The van der Waals surface area contributed by atoms with Crippen molar-refractivity contribution in [3.63, 3.8) is 0 Å². The predicted molar refractivity (Wildman–Crippen MR) is 110 cm³/mol. The van der Waals surface area contributed by atoms with Gasteiger partial charge in [-0.15, -0.1) is 5.10 Å². The maximum absolute atomic E-state index is 12.2. The number of aryl methyl sites for hydroxylation is 1. The lowest BCUT2D eigenvalue weighted by molar-refractivity contribution is -0.119. The highest BCUT2D eigenvalue weighted by Gasteiger charge is 2.12. The van der Waals surface area contributed by atoms with E-state index < -0.39 is 0 Å². The molecule has 5 nitrogen and oxygen atoms in total. The number of aromatic amines is 1. The van der Waals surface area contributed by atoms with Crippen LogP contribution < -0.4 is 5.32 Å². The maximum atomic E-state index is 12.2. The standard InChI is InChI=1S/C20H21ClN4OS/c1-3-14-7-9-15(10-8-14)19-23-20(25-24-19)27-12-18(26)22-13(2)16-5-4-6-17(21)11-16/h4-11,13H,3,12H2,1-2H3,(H,22,26)(H,23,24,25)/t13-/m1/s1. The monoisotopic (exact) mass is 400 g/mol. The number of benzene rings is 2. The molecule has 0 radical (unpaired) electrons. The number of amides is 1.